The van der Waals surface area contributed by atoms with E-state index in [1.165, 1.54) is 22.5 Å². The molecule has 0 atom stereocenters. The summed E-state index contributed by atoms with van der Waals surface area (Å²) in [4.78, 5) is 27.2. The van der Waals surface area contributed by atoms with Crippen LogP contribution in [0.15, 0.2) is 73.3 Å². The molecule has 0 saturated heterocycles. The monoisotopic (exact) mass is 613 g/mol. The lowest BCUT2D eigenvalue weighted by Crippen LogP contribution is -1.99. The molecule has 0 radical (unpaired) electrons. The molecular formula is C30H28ClN9S2. The molecule has 0 fully saturated rings. The Morgan fingerprint density at radius 3 is 1.67 bits per heavy atom. The topological polar surface area (TPSA) is 127 Å². The zero-order valence-corrected chi connectivity index (χ0v) is 25.8. The molecule has 0 aliphatic heterocycles. The van der Waals surface area contributed by atoms with Crippen molar-refractivity contribution in [3.63, 3.8) is 0 Å². The Morgan fingerprint density at radius 1 is 0.643 bits per heavy atom. The summed E-state index contributed by atoms with van der Waals surface area (Å²) < 4.78 is 0.646. The van der Waals surface area contributed by atoms with Gasteiger partial charge in [-0.2, -0.15) is 0 Å². The van der Waals surface area contributed by atoms with E-state index in [-0.39, 0.29) is 0 Å². The lowest BCUT2D eigenvalue weighted by Gasteiger charge is -2.07. The number of nitrogens with one attached hydrogen (secondary N) is 2. The molecule has 0 aliphatic carbocycles. The van der Waals surface area contributed by atoms with Crippen LogP contribution in [-0.4, -0.2) is 29.9 Å². The lowest BCUT2D eigenvalue weighted by atomic mass is 10.1. The van der Waals surface area contributed by atoms with E-state index in [9.17, 15) is 0 Å². The van der Waals surface area contributed by atoms with Gasteiger partial charge in [0, 0.05) is 40.5 Å². The van der Waals surface area contributed by atoms with Crippen molar-refractivity contribution in [2.24, 2.45) is 0 Å². The quantitative estimate of drug-likeness (QED) is 0.159. The fourth-order valence-electron chi connectivity index (χ4n) is 4.11. The van der Waals surface area contributed by atoms with E-state index in [0.29, 0.717) is 21.9 Å². The number of benzene rings is 2. The van der Waals surface area contributed by atoms with Crippen molar-refractivity contribution >= 4 is 63.2 Å². The number of nitrogens with two attached hydrogens (primary N) is 1. The molecule has 0 saturated carbocycles. The normalized spacial score (nSPS) is 10.6. The molecule has 0 spiro atoms. The zero-order chi connectivity index (χ0) is 29.6. The number of nitrogens with zero attached hydrogens (tertiary/aromatic N) is 6. The van der Waals surface area contributed by atoms with Crippen LogP contribution in [0.1, 0.15) is 21.6 Å². The van der Waals surface area contributed by atoms with Crippen molar-refractivity contribution in [3.8, 4) is 21.4 Å². The van der Waals surface area contributed by atoms with Crippen LogP contribution in [0, 0.1) is 27.7 Å². The van der Waals surface area contributed by atoms with Gasteiger partial charge in [-0.25, -0.2) is 29.9 Å². The summed E-state index contributed by atoms with van der Waals surface area (Å²) in [6.07, 6.45) is 6.90. The van der Waals surface area contributed by atoms with Crippen molar-refractivity contribution in [2.45, 2.75) is 27.7 Å². The first-order valence-electron chi connectivity index (χ1n) is 12.9. The highest BCUT2D eigenvalue weighted by molar-refractivity contribution is 7.18. The average molecular weight is 614 g/mol. The highest BCUT2D eigenvalue weighted by Gasteiger charge is 2.08. The van der Waals surface area contributed by atoms with Crippen molar-refractivity contribution in [1.29, 1.82) is 0 Å². The molecule has 4 aromatic heterocycles. The molecule has 0 unspecified atom stereocenters. The number of thiazole rings is 2. The van der Waals surface area contributed by atoms with Gasteiger partial charge < -0.3 is 16.4 Å². The van der Waals surface area contributed by atoms with Crippen LogP contribution in [0.2, 0.25) is 4.34 Å². The zero-order valence-electron chi connectivity index (χ0n) is 23.4. The van der Waals surface area contributed by atoms with E-state index >= 15 is 0 Å². The van der Waals surface area contributed by atoms with E-state index < -0.39 is 0 Å². The second-order valence-corrected chi connectivity index (χ2v) is 12.4. The Morgan fingerprint density at radius 2 is 1.17 bits per heavy atom. The lowest BCUT2D eigenvalue weighted by molar-refractivity contribution is 1.16. The van der Waals surface area contributed by atoms with Gasteiger partial charge in [-0.3, -0.25) is 0 Å². The molecule has 42 heavy (non-hydrogen) atoms. The van der Waals surface area contributed by atoms with Crippen molar-refractivity contribution in [1.82, 2.24) is 29.9 Å². The Kier molecular flexibility index (Phi) is 9.01. The number of hydrogen-bond donors (Lipinski definition) is 3. The SMILES string of the molecule is Cc1cc(C)cc(Nc2nccc(-c3ncc(Cl)s3)n2)c1.Cc1cc(N)cc(Nc2nccc(-c3ncc(C)s3)n2)c1. The number of anilines is 5. The molecule has 4 N–H and O–H groups in total. The summed E-state index contributed by atoms with van der Waals surface area (Å²) in [5.41, 5.74) is 13.5. The first-order chi connectivity index (χ1) is 20.2. The van der Waals surface area contributed by atoms with Gasteiger partial charge >= 0.3 is 0 Å². The van der Waals surface area contributed by atoms with Crippen molar-refractivity contribution in [3.05, 3.63) is 99.2 Å². The van der Waals surface area contributed by atoms with Crippen molar-refractivity contribution < 1.29 is 0 Å². The molecule has 12 heteroatoms. The number of aryl methyl sites for hydroxylation is 4. The first-order valence-corrected chi connectivity index (χ1v) is 14.9. The number of rotatable bonds is 6. The van der Waals surface area contributed by atoms with Crippen LogP contribution in [-0.2, 0) is 0 Å². The summed E-state index contributed by atoms with van der Waals surface area (Å²) in [5.74, 6) is 1.08. The minimum absolute atomic E-state index is 0.533. The predicted octanol–water partition coefficient (Wildman–Crippen LogP) is 8.16. The van der Waals surface area contributed by atoms with Gasteiger partial charge in [0.25, 0.3) is 0 Å². The first kappa shape index (κ1) is 29.1. The summed E-state index contributed by atoms with van der Waals surface area (Å²) in [6.45, 7) is 8.15. The number of aromatic nitrogens is 6. The van der Waals surface area contributed by atoms with Crippen LogP contribution in [0.3, 0.4) is 0 Å². The number of hydrogen-bond acceptors (Lipinski definition) is 11. The fraction of sp³-hybridized carbons (Fsp3) is 0.133. The minimum Gasteiger partial charge on any atom is -0.399 e. The van der Waals surface area contributed by atoms with Gasteiger partial charge in [-0.05, 0) is 86.8 Å². The second-order valence-electron chi connectivity index (χ2n) is 9.54. The van der Waals surface area contributed by atoms with Crippen molar-refractivity contribution in [2.75, 3.05) is 16.4 Å². The maximum atomic E-state index is 5.91. The Bertz CT molecular complexity index is 1660. The van der Waals surface area contributed by atoms with Crippen LogP contribution in [0.5, 0.6) is 0 Å². The molecule has 4 heterocycles. The summed E-state index contributed by atoms with van der Waals surface area (Å²) in [6, 6.07) is 15.7. The minimum atomic E-state index is 0.533. The molecule has 6 rings (SSSR count). The van der Waals surface area contributed by atoms with Crippen LogP contribution >= 0.6 is 34.3 Å². The summed E-state index contributed by atoms with van der Waals surface area (Å²) in [5, 5.41) is 8.08. The van der Waals surface area contributed by atoms with E-state index in [2.05, 4.69) is 72.6 Å². The van der Waals surface area contributed by atoms with Crippen LogP contribution < -0.4 is 16.4 Å². The van der Waals surface area contributed by atoms with Gasteiger partial charge in [0.1, 0.15) is 25.7 Å². The van der Waals surface area contributed by atoms with Gasteiger partial charge in [0.15, 0.2) is 0 Å². The summed E-state index contributed by atoms with van der Waals surface area (Å²) >= 11 is 8.92. The van der Waals surface area contributed by atoms with Crippen LogP contribution in [0.25, 0.3) is 21.4 Å². The largest absolute Gasteiger partial charge is 0.399 e. The Labute approximate surface area is 257 Å². The van der Waals surface area contributed by atoms with Gasteiger partial charge in [0.2, 0.25) is 11.9 Å². The molecule has 2 aromatic carbocycles. The summed E-state index contributed by atoms with van der Waals surface area (Å²) in [7, 11) is 0. The van der Waals surface area contributed by atoms with Gasteiger partial charge in [-0.1, -0.05) is 17.7 Å². The maximum Gasteiger partial charge on any atom is 0.227 e. The molecule has 0 amide bonds. The third kappa shape index (κ3) is 7.84. The second kappa shape index (κ2) is 13.0. The molecule has 212 valence electrons. The van der Waals surface area contributed by atoms with E-state index in [4.69, 9.17) is 17.3 Å². The van der Waals surface area contributed by atoms with E-state index in [0.717, 1.165) is 43.2 Å². The Hall–Kier alpha value is -4.45. The third-order valence-electron chi connectivity index (χ3n) is 5.68. The Balaban J connectivity index is 0.000000168. The fourth-order valence-corrected chi connectivity index (χ4v) is 5.73. The standard InChI is InChI=1S/C15H13ClN4S.C15H15N5S/c1-9-5-10(2)7-11(6-9)19-15-17-4-3-12(20-15)14-18-8-13(16)21-14;1-9-5-11(16)7-12(6-9)19-15-17-4-3-13(20-15)14-18-8-10(2)21-14/h3-8H,1-2H3,(H,17,19,20);3-8H,16H2,1-2H3,(H,17,19,20). The third-order valence-corrected chi connectivity index (χ3v) is 7.75. The number of halogens is 1. The molecule has 0 aliphatic rings. The average Bonchev–Trinajstić information content (AvgIpc) is 3.56. The van der Waals surface area contributed by atoms with Crippen LogP contribution in [0.4, 0.5) is 29.0 Å². The maximum absolute atomic E-state index is 5.91. The highest BCUT2D eigenvalue weighted by Crippen LogP contribution is 2.28. The van der Waals surface area contributed by atoms with Gasteiger partial charge in [0.05, 0.1) is 6.20 Å². The molecule has 0 bridgehead atoms. The number of nitrogen functional groups attached to an aromatic ring is 1. The molecular weight excluding hydrogens is 586 g/mol. The van der Waals surface area contributed by atoms with E-state index in [1.54, 1.807) is 29.9 Å². The molecule has 6 aromatic rings. The highest BCUT2D eigenvalue weighted by atomic mass is 35.5. The molecule has 9 nitrogen and oxygen atoms in total. The van der Waals surface area contributed by atoms with E-state index in [1.807, 2.05) is 50.4 Å². The van der Waals surface area contributed by atoms with Gasteiger partial charge in [-0.15, -0.1) is 22.7 Å². The smallest absolute Gasteiger partial charge is 0.227 e. The predicted molar refractivity (Wildman–Crippen MR) is 174 cm³/mol.